The van der Waals surface area contributed by atoms with Crippen LogP contribution in [0.25, 0.3) is 0 Å². The van der Waals surface area contributed by atoms with E-state index in [2.05, 4.69) is 3.76 Å². The fourth-order valence-electron chi connectivity index (χ4n) is 0.336. The van der Waals surface area contributed by atoms with E-state index in [0.717, 1.165) is 5.25 Å². The zero-order valence-electron chi connectivity index (χ0n) is 4.23. The predicted molar refractivity (Wildman–Crippen MR) is 28.5 cm³/mol. The molecular weight excluding hydrogens is 173 g/mol. The maximum atomic E-state index is 10.1. The number of carbonyl (C=O) groups is 1. The molecule has 0 aromatic heterocycles. The van der Waals surface area contributed by atoms with E-state index in [1.165, 1.54) is 0 Å². The Morgan fingerprint density at radius 3 is 2.25 bits per heavy atom. The van der Waals surface area contributed by atoms with Gasteiger partial charge < -0.3 is 11.0 Å². The first-order chi connectivity index (χ1) is 2.89. The van der Waals surface area contributed by atoms with E-state index in [9.17, 15) is 4.79 Å². The summed E-state index contributed by atoms with van der Waals surface area (Å²) in [7, 11) is 0. The second kappa shape index (κ2) is 5.08. The van der Waals surface area contributed by atoms with Crippen molar-refractivity contribution in [3.63, 3.8) is 0 Å². The third-order valence-electron chi connectivity index (χ3n) is 0.617. The van der Waals surface area contributed by atoms with Crippen LogP contribution in [-0.2, 0) is 8.56 Å². The van der Waals surface area contributed by atoms with Gasteiger partial charge in [-0.3, -0.25) is 0 Å². The number of carbonyl (C=O) groups excluding carboxylic acids is 1. The van der Waals surface area contributed by atoms with Gasteiger partial charge in [-0.05, 0) is 0 Å². The molecule has 0 aromatic carbocycles. The third kappa shape index (κ3) is 3.00. The molecule has 5 heteroatoms. The Balaban J connectivity index is 0. The van der Waals surface area contributed by atoms with Gasteiger partial charge in [-0.1, -0.05) is 0 Å². The first-order valence-corrected chi connectivity index (χ1v) is 4.16. The molecule has 1 aliphatic rings. The zero-order valence-corrected chi connectivity index (χ0v) is 6.33. The molecule has 1 fully saturated rings. The van der Waals surface area contributed by atoms with Crippen LogP contribution in [0.2, 0.25) is 5.25 Å². The molecule has 0 atom stereocenters. The summed E-state index contributed by atoms with van der Waals surface area (Å²) in [6.45, 7) is 0. The third-order valence-corrected chi connectivity index (χ3v) is 2.35. The van der Waals surface area contributed by atoms with Gasteiger partial charge in [0.1, 0.15) is 0 Å². The molecule has 8 heavy (non-hydrogen) atoms. The molecule has 0 aliphatic carbocycles. The van der Waals surface area contributed by atoms with Crippen molar-refractivity contribution < 1.29 is 19.5 Å². The van der Waals surface area contributed by atoms with Gasteiger partial charge in [0.05, 0.1) is 0 Å². The van der Waals surface area contributed by atoms with Gasteiger partial charge in [-0.25, -0.2) is 0 Å². The summed E-state index contributed by atoms with van der Waals surface area (Å²) in [5, 5.41) is 1.04. The first-order valence-electron chi connectivity index (χ1n) is 1.82. The fourth-order valence-corrected chi connectivity index (χ4v) is 1.74. The summed E-state index contributed by atoms with van der Waals surface area (Å²) in [5.74, 6) is 0.00926. The van der Waals surface area contributed by atoms with Gasteiger partial charge >= 0.3 is 42.0 Å². The van der Waals surface area contributed by atoms with Gasteiger partial charge in [-0.15, -0.1) is 0 Å². The van der Waals surface area contributed by atoms with Crippen molar-refractivity contribution in [2.24, 2.45) is 0 Å². The van der Waals surface area contributed by atoms with Gasteiger partial charge in [-0.2, -0.15) is 0 Å². The second-order valence-electron chi connectivity index (χ2n) is 1.12. The molecule has 0 saturated carbocycles. The number of hydrogen-bond acceptors (Lipinski definition) is 2. The molecule has 1 rings (SSSR count). The Morgan fingerprint density at radius 2 is 2.12 bits per heavy atom. The van der Waals surface area contributed by atoms with Crippen LogP contribution >= 0.6 is 0 Å². The average molecular weight is 181 g/mol. The van der Waals surface area contributed by atoms with Crippen LogP contribution in [0.5, 0.6) is 0 Å². The topological polar surface area (TPSA) is 89.3 Å². The van der Waals surface area contributed by atoms with Crippen molar-refractivity contribution in [1.82, 2.24) is 0 Å². The summed E-state index contributed by atoms with van der Waals surface area (Å²) in [6, 6.07) is 0. The SMILES string of the molecule is O.O.O=C1C[CH2][Ge][O]1. The average Bonchev–Trinajstić information content (AvgIpc) is 1.86. The van der Waals surface area contributed by atoms with Crippen LogP contribution in [0.15, 0.2) is 0 Å². The molecule has 1 aliphatic heterocycles. The summed E-state index contributed by atoms with van der Waals surface area (Å²) >= 11 is -0.255. The molecule has 0 spiro atoms. The quantitative estimate of drug-likeness (QED) is 0.417. The van der Waals surface area contributed by atoms with E-state index in [-0.39, 0.29) is 32.7 Å². The molecule has 1 heterocycles. The Labute approximate surface area is 53.6 Å². The molecule has 0 bridgehead atoms. The van der Waals surface area contributed by atoms with Crippen molar-refractivity contribution in [3.05, 3.63) is 0 Å². The van der Waals surface area contributed by atoms with E-state index < -0.39 is 0 Å². The van der Waals surface area contributed by atoms with Crippen molar-refractivity contribution >= 4 is 21.7 Å². The van der Waals surface area contributed by atoms with Crippen molar-refractivity contribution in [3.8, 4) is 0 Å². The van der Waals surface area contributed by atoms with Crippen molar-refractivity contribution in [2.45, 2.75) is 11.7 Å². The van der Waals surface area contributed by atoms with Gasteiger partial charge in [0.15, 0.2) is 0 Å². The van der Waals surface area contributed by atoms with E-state index in [1.807, 2.05) is 0 Å². The monoisotopic (exact) mass is 182 g/mol. The molecule has 0 aromatic rings. The minimum absolute atomic E-state index is 0. The van der Waals surface area contributed by atoms with Crippen LogP contribution in [0.3, 0.4) is 0 Å². The number of hydrogen-bond donors (Lipinski definition) is 0. The Bertz CT molecular complexity index is 65.7. The van der Waals surface area contributed by atoms with Crippen molar-refractivity contribution in [1.29, 1.82) is 0 Å². The summed E-state index contributed by atoms with van der Waals surface area (Å²) in [4.78, 5) is 10.1. The van der Waals surface area contributed by atoms with Crippen LogP contribution < -0.4 is 0 Å². The number of rotatable bonds is 0. The van der Waals surface area contributed by atoms with Gasteiger partial charge in [0.2, 0.25) is 0 Å². The summed E-state index contributed by atoms with van der Waals surface area (Å²) < 4.78 is 4.64. The van der Waals surface area contributed by atoms with Crippen LogP contribution in [0, 0.1) is 0 Å². The fraction of sp³-hybridized carbons (Fsp3) is 0.667. The molecule has 4 nitrogen and oxygen atoms in total. The van der Waals surface area contributed by atoms with E-state index in [1.54, 1.807) is 0 Å². The van der Waals surface area contributed by atoms with E-state index in [4.69, 9.17) is 0 Å². The van der Waals surface area contributed by atoms with Crippen LogP contribution in [0.4, 0.5) is 0 Å². The summed E-state index contributed by atoms with van der Waals surface area (Å²) in [5.41, 5.74) is 0. The van der Waals surface area contributed by atoms with E-state index in [0.29, 0.717) is 6.42 Å². The first kappa shape index (κ1) is 10.8. The maximum absolute atomic E-state index is 10.1. The molecular formula is C3H8GeO4. The Hall–Kier alpha value is -0.0671. The summed E-state index contributed by atoms with van der Waals surface area (Å²) in [6.07, 6.45) is 0.681. The molecule has 48 valence electrons. The molecule has 2 radical (unpaired) electrons. The van der Waals surface area contributed by atoms with Crippen molar-refractivity contribution in [2.75, 3.05) is 0 Å². The van der Waals surface area contributed by atoms with Gasteiger partial charge in [0, 0.05) is 0 Å². The predicted octanol–water partition coefficient (Wildman–Crippen LogP) is -1.68. The standard InChI is InChI=1S/C3H4GeO2.2H2O/c5-3-1-2-4-6-3;;/h1-2H2;2*1H2. The van der Waals surface area contributed by atoms with Crippen LogP contribution in [-0.4, -0.2) is 32.7 Å². The minimum atomic E-state index is -0.255. The Kier molecular flexibility index (Phi) is 6.87. The van der Waals surface area contributed by atoms with Crippen LogP contribution in [0.1, 0.15) is 6.42 Å². The molecule has 4 N–H and O–H groups in total. The van der Waals surface area contributed by atoms with Gasteiger partial charge in [0.25, 0.3) is 0 Å². The molecule has 0 unspecified atom stereocenters. The van der Waals surface area contributed by atoms with E-state index >= 15 is 0 Å². The Morgan fingerprint density at radius 1 is 1.50 bits per heavy atom. The molecule has 1 saturated heterocycles. The molecule has 0 amide bonds. The second-order valence-corrected chi connectivity index (χ2v) is 3.20. The zero-order chi connectivity index (χ0) is 4.41. The normalized spacial score (nSPS) is 15.8.